The predicted octanol–water partition coefficient (Wildman–Crippen LogP) is 5.12. The highest BCUT2D eigenvalue weighted by atomic mass is 79.9. The number of carbonyl (C=O) groups excluding carboxylic acids is 1. The van der Waals surface area contributed by atoms with E-state index in [2.05, 4.69) is 45.6 Å². The highest BCUT2D eigenvalue weighted by Crippen LogP contribution is 2.33. The minimum absolute atomic E-state index is 0.135. The Balaban J connectivity index is 1.67. The first-order valence-electron chi connectivity index (χ1n) is 9.18. The number of unbranched alkanes of at least 4 members (excludes halogenated alkanes) is 1. The number of anilines is 1. The number of fused-ring (bicyclic) bond motifs is 1. The Bertz CT molecular complexity index is 932. The van der Waals surface area contributed by atoms with Crippen molar-refractivity contribution in [2.24, 2.45) is 0 Å². The van der Waals surface area contributed by atoms with Crippen LogP contribution >= 0.6 is 15.9 Å². The molecule has 0 bridgehead atoms. The number of amides is 1. The number of hydrogen-bond acceptors (Lipinski definition) is 2. The molecule has 0 N–H and O–H groups in total. The SMILES string of the molecule is CCCCn1c([C@H]2CC(=O)N(c3ccc(Br)cc3)C2)nc2ccccc21. The first-order valence-corrected chi connectivity index (χ1v) is 9.97. The molecular weight excluding hydrogens is 390 g/mol. The van der Waals surface area contributed by atoms with Gasteiger partial charge >= 0.3 is 0 Å². The third-order valence-corrected chi connectivity index (χ3v) is 5.58. The number of carbonyl (C=O) groups is 1. The number of aryl methyl sites for hydroxylation is 1. The van der Waals surface area contributed by atoms with E-state index in [9.17, 15) is 4.79 Å². The van der Waals surface area contributed by atoms with E-state index < -0.39 is 0 Å². The first-order chi connectivity index (χ1) is 12.7. The molecule has 0 unspecified atom stereocenters. The third-order valence-electron chi connectivity index (χ3n) is 5.05. The number of hydrogen-bond donors (Lipinski definition) is 0. The fourth-order valence-electron chi connectivity index (χ4n) is 3.71. The molecule has 0 spiro atoms. The largest absolute Gasteiger partial charge is 0.328 e. The van der Waals surface area contributed by atoms with Crippen LogP contribution in [0.3, 0.4) is 0 Å². The van der Waals surface area contributed by atoms with Crippen molar-refractivity contribution in [3.8, 4) is 0 Å². The third kappa shape index (κ3) is 3.16. The topological polar surface area (TPSA) is 38.1 Å². The van der Waals surface area contributed by atoms with Crippen molar-refractivity contribution in [3.05, 3.63) is 58.8 Å². The molecule has 3 aromatic rings. The Morgan fingerprint density at radius 1 is 1.15 bits per heavy atom. The van der Waals surface area contributed by atoms with Gasteiger partial charge in [0.2, 0.25) is 5.91 Å². The minimum atomic E-state index is 0.135. The number of rotatable bonds is 5. The quantitative estimate of drug-likeness (QED) is 0.584. The summed E-state index contributed by atoms with van der Waals surface area (Å²) in [6.07, 6.45) is 2.77. The van der Waals surface area contributed by atoms with Crippen LogP contribution in [0.25, 0.3) is 11.0 Å². The van der Waals surface area contributed by atoms with Crippen LogP contribution < -0.4 is 4.90 Å². The van der Waals surface area contributed by atoms with Crippen LogP contribution in [0.5, 0.6) is 0 Å². The average molecular weight is 412 g/mol. The Kier molecular flexibility index (Phi) is 4.81. The predicted molar refractivity (Wildman–Crippen MR) is 108 cm³/mol. The normalized spacial score (nSPS) is 17.4. The maximum atomic E-state index is 12.7. The van der Waals surface area contributed by atoms with Crippen molar-refractivity contribution in [1.82, 2.24) is 9.55 Å². The van der Waals surface area contributed by atoms with Crippen LogP contribution in [0.1, 0.15) is 37.9 Å². The Hall–Kier alpha value is -2.14. The zero-order valence-corrected chi connectivity index (χ0v) is 16.4. The van der Waals surface area contributed by atoms with Gasteiger partial charge in [-0.15, -0.1) is 0 Å². The monoisotopic (exact) mass is 411 g/mol. The smallest absolute Gasteiger partial charge is 0.227 e. The summed E-state index contributed by atoms with van der Waals surface area (Å²) >= 11 is 3.45. The van der Waals surface area contributed by atoms with Gasteiger partial charge in [0.15, 0.2) is 0 Å². The molecule has 1 aliphatic heterocycles. The van der Waals surface area contributed by atoms with Crippen LogP contribution in [0.4, 0.5) is 5.69 Å². The molecule has 4 nitrogen and oxygen atoms in total. The van der Waals surface area contributed by atoms with E-state index in [-0.39, 0.29) is 11.8 Å². The number of halogens is 1. The molecule has 1 aromatic heterocycles. The second-order valence-corrected chi connectivity index (χ2v) is 7.76. The lowest BCUT2D eigenvalue weighted by Gasteiger charge is -2.17. The van der Waals surface area contributed by atoms with Crippen LogP contribution in [-0.4, -0.2) is 22.0 Å². The molecule has 0 radical (unpaired) electrons. The first kappa shape index (κ1) is 17.3. The van der Waals surface area contributed by atoms with Crippen molar-refractivity contribution in [3.63, 3.8) is 0 Å². The van der Waals surface area contributed by atoms with E-state index >= 15 is 0 Å². The van der Waals surface area contributed by atoms with Crippen LogP contribution in [0.2, 0.25) is 0 Å². The summed E-state index contributed by atoms with van der Waals surface area (Å²) in [5, 5.41) is 0. The molecule has 2 aromatic carbocycles. The van der Waals surface area contributed by atoms with Crippen molar-refractivity contribution in [2.45, 2.75) is 38.6 Å². The van der Waals surface area contributed by atoms with Gasteiger partial charge in [-0.2, -0.15) is 0 Å². The lowest BCUT2D eigenvalue weighted by atomic mass is 10.1. The number of imidazole rings is 1. The summed E-state index contributed by atoms with van der Waals surface area (Å²) in [6, 6.07) is 16.2. The standard InChI is InChI=1S/C21H22BrN3O/c1-2-3-12-24-19-7-5-4-6-18(19)23-21(24)15-13-20(26)25(14-15)17-10-8-16(22)9-11-17/h4-11,15H,2-3,12-14H2,1H3/t15-/m0/s1. The van der Waals surface area contributed by atoms with E-state index in [0.29, 0.717) is 13.0 Å². The number of nitrogens with zero attached hydrogens (tertiary/aromatic N) is 3. The summed E-state index contributed by atoms with van der Waals surface area (Å²) in [7, 11) is 0. The van der Waals surface area contributed by atoms with Crippen LogP contribution in [0, 0.1) is 0 Å². The van der Waals surface area contributed by atoms with E-state index in [4.69, 9.17) is 4.98 Å². The molecule has 2 heterocycles. The van der Waals surface area contributed by atoms with E-state index in [1.54, 1.807) is 0 Å². The lowest BCUT2D eigenvalue weighted by molar-refractivity contribution is -0.117. The highest BCUT2D eigenvalue weighted by molar-refractivity contribution is 9.10. The maximum Gasteiger partial charge on any atom is 0.227 e. The molecule has 1 amide bonds. The highest BCUT2D eigenvalue weighted by Gasteiger charge is 2.34. The molecule has 1 atom stereocenters. The molecule has 0 saturated carbocycles. The van der Waals surface area contributed by atoms with Gasteiger partial charge in [0, 0.05) is 35.6 Å². The zero-order valence-electron chi connectivity index (χ0n) is 14.9. The van der Waals surface area contributed by atoms with Gasteiger partial charge in [0.05, 0.1) is 11.0 Å². The summed E-state index contributed by atoms with van der Waals surface area (Å²) < 4.78 is 3.34. The summed E-state index contributed by atoms with van der Waals surface area (Å²) in [6.45, 7) is 3.85. The van der Waals surface area contributed by atoms with Gasteiger partial charge in [-0.05, 0) is 42.8 Å². The molecule has 0 aliphatic carbocycles. The Morgan fingerprint density at radius 3 is 2.69 bits per heavy atom. The molecule has 1 saturated heterocycles. The van der Waals surface area contributed by atoms with E-state index in [1.807, 2.05) is 35.2 Å². The molecule has 5 heteroatoms. The van der Waals surface area contributed by atoms with Crippen LogP contribution in [-0.2, 0) is 11.3 Å². The van der Waals surface area contributed by atoms with Crippen molar-refractivity contribution >= 4 is 38.6 Å². The molecule has 1 aliphatic rings. The molecule has 134 valence electrons. The lowest BCUT2D eigenvalue weighted by Crippen LogP contribution is -2.24. The fraction of sp³-hybridized carbons (Fsp3) is 0.333. The second-order valence-electron chi connectivity index (χ2n) is 6.85. The average Bonchev–Trinajstić information content (AvgIpc) is 3.21. The zero-order chi connectivity index (χ0) is 18.1. The Labute approximate surface area is 162 Å². The van der Waals surface area contributed by atoms with Gasteiger partial charge < -0.3 is 9.47 Å². The molecule has 4 rings (SSSR count). The van der Waals surface area contributed by atoms with Gasteiger partial charge in [0.1, 0.15) is 5.82 Å². The summed E-state index contributed by atoms with van der Waals surface area (Å²) in [4.78, 5) is 19.5. The van der Waals surface area contributed by atoms with Gasteiger partial charge in [-0.3, -0.25) is 4.79 Å². The van der Waals surface area contributed by atoms with Gasteiger partial charge in [-0.1, -0.05) is 41.4 Å². The van der Waals surface area contributed by atoms with E-state index in [0.717, 1.165) is 40.9 Å². The van der Waals surface area contributed by atoms with Crippen LogP contribution in [0.15, 0.2) is 53.0 Å². The van der Waals surface area contributed by atoms with Gasteiger partial charge in [0.25, 0.3) is 0 Å². The van der Waals surface area contributed by atoms with Gasteiger partial charge in [-0.25, -0.2) is 4.98 Å². The second kappa shape index (κ2) is 7.23. The number of para-hydroxylation sites is 2. The molecule has 26 heavy (non-hydrogen) atoms. The van der Waals surface area contributed by atoms with E-state index in [1.165, 1.54) is 5.52 Å². The van der Waals surface area contributed by atoms with Crippen molar-refractivity contribution in [1.29, 1.82) is 0 Å². The van der Waals surface area contributed by atoms with Crippen molar-refractivity contribution < 1.29 is 4.79 Å². The fourth-order valence-corrected chi connectivity index (χ4v) is 3.97. The minimum Gasteiger partial charge on any atom is -0.328 e. The molecule has 1 fully saturated rings. The maximum absolute atomic E-state index is 12.7. The summed E-state index contributed by atoms with van der Waals surface area (Å²) in [5.41, 5.74) is 3.15. The molecular formula is C21H22BrN3O. The number of aromatic nitrogens is 2. The van der Waals surface area contributed by atoms with Crippen molar-refractivity contribution in [2.75, 3.05) is 11.4 Å². The number of benzene rings is 2. The Morgan fingerprint density at radius 2 is 1.92 bits per heavy atom. The summed E-state index contributed by atoms with van der Waals surface area (Å²) in [5.74, 6) is 1.36.